The lowest BCUT2D eigenvalue weighted by Crippen LogP contribution is -2.85. The number of benzene rings is 2. The lowest BCUT2D eigenvalue weighted by Gasteiger charge is -2.47. The highest BCUT2D eigenvalue weighted by molar-refractivity contribution is 8.24. The number of fused-ring (bicyclic) bond motifs is 2. The Balaban J connectivity index is 0.000000344. The van der Waals surface area contributed by atoms with Crippen molar-refractivity contribution >= 4 is 207 Å². The molecular weight excluding hydrogens is 1220 g/mol. The zero-order chi connectivity index (χ0) is 71.9. The number of aliphatic hydroxyl groups excluding tert-OH is 4. The van der Waals surface area contributed by atoms with Crippen LogP contribution in [0.15, 0.2) is 125 Å². The second kappa shape index (κ2) is 44.7. The van der Waals surface area contributed by atoms with Gasteiger partial charge in [-0.3, -0.25) is 28.5 Å². The van der Waals surface area contributed by atoms with Gasteiger partial charge in [0.2, 0.25) is 11.6 Å². The van der Waals surface area contributed by atoms with Gasteiger partial charge in [0.25, 0.3) is 5.56 Å². The van der Waals surface area contributed by atoms with Gasteiger partial charge in [0, 0.05) is 284 Å². The van der Waals surface area contributed by atoms with Crippen LogP contribution in [0.5, 0.6) is 5.88 Å². The molecule has 24 nitrogen and oxygen atoms in total. The first-order valence-corrected chi connectivity index (χ1v) is 30.8. The van der Waals surface area contributed by atoms with E-state index < -0.39 is 99.1 Å². The van der Waals surface area contributed by atoms with Crippen molar-refractivity contribution < 1.29 is 48.6 Å². The molecule has 0 fully saturated rings. The number of nitrogens with one attached hydrogen (secondary N) is 1. The molecule has 0 atom stereocenters. The first-order chi connectivity index (χ1) is 46.3. The van der Waals surface area contributed by atoms with E-state index in [9.17, 15) is 28.8 Å². The quantitative estimate of drug-likeness (QED) is 0.00888. The Morgan fingerprint density at radius 1 is 0.653 bits per heavy atom. The number of aromatic amines is 1. The van der Waals surface area contributed by atoms with Crippen LogP contribution in [0.1, 0.15) is 58.5 Å². The van der Waals surface area contributed by atoms with Crippen LogP contribution in [-0.4, -0.2) is 304 Å². The largest absolute Gasteiger partial charge is 0.477 e. The summed E-state index contributed by atoms with van der Waals surface area (Å²) in [4.78, 5) is 87.9. The fraction of sp³-hybridized carbons (Fsp3) is 0.408. The number of rotatable bonds is 31. The van der Waals surface area contributed by atoms with E-state index in [1.807, 2.05) is 12.1 Å². The number of carbonyl (C=O) groups is 2. The first-order valence-electron chi connectivity index (χ1n) is 30.8. The SMILES string of the molecule is C.CN=[N+]=[N-].O=C(OCC(CCn1cc2c(nc1=O)OCC2)COC(=O)c1ccccc1)c1ccccc1.O=c1[nH]c(=O)n(CCC(CO)CO)cc1C1=NC1.O=c1nc2occc2cn1CCC(CO)CO.[B][B]B(B([B])[B])B(B([B])[B])B(B(B([B])[B])B([B])[B])B(B([B])[B])B([B])[B]. The predicted molar refractivity (Wildman–Crippen MR) is 410 cm³/mol. The van der Waals surface area contributed by atoms with Gasteiger partial charge in [-0.1, -0.05) is 48.9 Å². The zero-order valence-corrected chi connectivity index (χ0v) is 53.8. The van der Waals surface area contributed by atoms with Crippen molar-refractivity contribution in [1.82, 2.24) is 28.7 Å². The van der Waals surface area contributed by atoms with Gasteiger partial charge >= 0.3 is 29.0 Å². The lowest BCUT2D eigenvalue weighted by atomic mass is 8.35. The molecule has 0 aliphatic carbocycles. The van der Waals surface area contributed by atoms with Crippen LogP contribution in [0.25, 0.3) is 21.5 Å². The summed E-state index contributed by atoms with van der Waals surface area (Å²) >= 11 is 0. The summed E-state index contributed by atoms with van der Waals surface area (Å²) < 4.78 is 25.6. The molecule has 5 N–H and O–H groups in total. The highest BCUT2D eigenvalue weighted by Crippen LogP contribution is 2.21. The summed E-state index contributed by atoms with van der Waals surface area (Å²) in [5.74, 6) is -1.29. The highest BCUT2D eigenvalue weighted by Gasteiger charge is 2.48. The molecule has 0 saturated heterocycles. The number of aliphatic hydroxyl groups is 4. The summed E-state index contributed by atoms with van der Waals surface area (Å²) in [5.41, 5.74) is 8.84. The summed E-state index contributed by atoms with van der Waals surface area (Å²) in [6.45, 7) is 1.80. The first kappa shape index (κ1) is 85.8. The normalized spacial score (nSPS) is 11.2. The van der Waals surface area contributed by atoms with Crippen molar-refractivity contribution in [2.24, 2.45) is 27.9 Å². The van der Waals surface area contributed by atoms with Gasteiger partial charge in [-0.25, -0.2) is 24.0 Å². The summed E-state index contributed by atoms with van der Waals surface area (Å²) in [7, 11) is 79.2. The Hall–Kier alpha value is -6.40. The van der Waals surface area contributed by atoms with Crippen molar-refractivity contribution in [2.45, 2.75) is 52.7 Å². The molecule has 6 aromatic rings. The summed E-state index contributed by atoms with van der Waals surface area (Å²) in [6.07, 6.45) is -0.671. The second-order valence-corrected chi connectivity index (χ2v) is 22.8. The number of aromatic nitrogens is 6. The van der Waals surface area contributed by atoms with Gasteiger partial charge in [0.1, 0.15) is 0 Å². The van der Waals surface area contributed by atoms with Gasteiger partial charge in [-0.2, -0.15) is 9.97 Å². The summed E-state index contributed by atoms with van der Waals surface area (Å²) in [5, 5.41) is 39.4. The molecule has 4 aromatic heterocycles. The van der Waals surface area contributed by atoms with E-state index in [4.69, 9.17) is 145 Å². The molecule has 0 amide bonds. The second-order valence-electron chi connectivity index (χ2n) is 22.8. The monoisotopic (exact) mass is 1290 g/mol. The van der Waals surface area contributed by atoms with Crippen LogP contribution < -0.4 is 27.4 Å². The van der Waals surface area contributed by atoms with Gasteiger partial charge in [-0.05, 0) is 55.1 Å². The van der Waals surface area contributed by atoms with Crippen LogP contribution in [0.2, 0.25) is 0 Å². The average Bonchev–Trinajstić information content (AvgIpc) is 1.07. The van der Waals surface area contributed by atoms with E-state index in [0.717, 1.165) is 10.9 Å². The molecule has 0 unspecified atom stereocenters. The number of aryl methyl sites for hydroxylation is 3. The Bertz CT molecular complexity index is 3610. The van der Waals surface area contributed by atoms with E-state index in [1.165, 1.54) is 40.3 Å². The topological polar surface area (TPSA) is 342 Å². The van der Waals surface area contributed by atoms with Crippen molar-refractivity contribution in [2.75, 3.05) is 59.8 Å². The molecule has 6 heterocycles. The number of aliphatic imine (C=N–C) groups is 1. The van der Waals surface area contributed by atoms with Gasteiger partial charge in [0.15, 0.2) is 0 Å². The Kier molecular flexibility index (Phi) is 39.1. The third-order valence-corrected chi connectivity index (χ3v) is 15.7. The molecule has 49 heteroatoms. The van der Waals surface area contributed by atoms with Gasteiger partial charge in [-0.15, -0.1) is 0 Å². The molecule has 27 radical (unpaired) electrons. The number of esters is 2. The number of nitrogens with zero attached hydrogens (tertiary/aromatic N) is 9. The van der Waals surface area contributed by atoms with Crippen LogP contribution in [0, 0.1) is 17.8 Å². The van der Waals surface area contributed by atoms with Gasteiger partial charge in [0.05, 0.1) is 60.4 Å². The standard InChI is InChI=1S/C25H24N2O6.C11H15N3O4.C11H14N2O4.CH3N3.CH4.B25/c28-23(19-7-3-1-4-8-19)32-16-18(17-33-24(29)20-9-5-2-6-10-20)11-13-27-15-21-12-14-31-22(21)26-25(27)30;15-5-7(6-16)1-2-14-4-8(9-3-12-9)10(17)13-11(14)18;14-6-8(7-15)1-3-13-5-9-2-4-17-10(9)12-11(13)16;1-3-4-2;;1-14-21(15(2)3)24(20(12)13)25(22(16(4)5)17(6)7)23(18(8)9)19(10)11/h1-10,15,18H,11-14,16-17H2;4,7,15-16H,1-3,5-6H2,(H,13,17,18);2,4-5,8,14-15H,1,3,6-7H2;1H3;1H4;. The molecule has 2 aliphatic rings. The van der Waals surface area contributed by atoms with Crippen molar-refractivity contribution in [3.63, 3.8) is 0 Å². The minimum absolute atomic E-state index is 0. The number of hydrogen-bond acceptors (Lipinski definition) is 18. The number of furan rings is 1. The molecule has 465 valence electrons. The number of H-pyrrole nitrogens is 1. The molecule has 0 spiro atoms. The number of hydrogen-bond donors (Lipinski definition) is 5. The number of ether oxygens (including phenoxy) is 3. The van der Waals surface area contributed by atoms with Crippen LogP contribution >= 0.6 is 0 Å². The molecule has 2 aliphatic heterocycles. The fourth-order valence-electron chi connectivity index (χ4n) is 10.3. The van der Waals surface area contributed by atoms with Crippen LogP contribution in [0.4, 0.5) is 0 Å². The minimum atomic E-state index is -0.960. The third-order valence-electron chi connectivity index (χ3n) is 15.7. The van der Waals surface area contributed by atoms with Crippen LogP contribution in [-0.2, 0) is 35.5 Å². The Labute approximate surface area is 593 Å². The molecule has 0 saturated carbocycles. The maximum absolute atomic E-state index is 12.4. The third kappa shape index (κ3) is 27.3. The predicted octanol–water partition coefficient (Wildman–Crippen LogP) is -6.75. The Morgan fingerprint density at radius 3 is 1.53 bits per heavy atom. The van der Waals surface area contributed by atoms with E-state index in [2.05, 4.69) is 30.0 Å². The van der Waals surface area contributed by atoms with E-state index >= 15 is 0 Å². The number of carbonyl (C=O) groups excluding carboxylic acids is 2. The molecule has 2 aromatic carbocycles. The minimum Gasteiger partial charge on any atom is -0.477 e. The molecule has 98 heavy (non-hydrogen) atoms. The smallest absolute Gasteiger partial charge is 0.350 e. The maximum Gasteiger partial charge on any atom is 0.350 e. The van der Waals surface area contributed by atoms with Crippen molar-refractivity contribution in [3.05, 3.63) is 166 Å². The fourth-order valence-corrected chi connectivity index (χ4v) is 10.3. The van der Waals surface area contributed by atoms with E-state index in [1.54, 1.807) is 67.0 Å². The average molecular weight is 1280 g/mol. The highest BCUT2D eigenvalue weighted by atomic mass is 16.5. The number of azide groups is 1. The molecule has 0 bridgehead atoms. The van der Waals surface area contributed by atoms with Gasteiger partial charge < -0.3 is 39.1 Å². The zero-order valence-electron chi connectivity index (χ0n) is 53.8. The van der Waals surface area contributed by atoms with Crippen molar-refractivity contribution in [1.29, 1.82) is 0 Å². The Morgan fingerprint density at radius 2 is 1.10 bits per heavy atom. The van der Waals surface area contributed by atoms with Crippen LogP contribution in [0.3, 0.4) is 0 Å². The molecular formula is C49H60B25N10O14. The van der Waals surface area contributed by atoms with E-state index in [0.29, 0.717) is 92.5 Å². The molecule has 8 rings (SSSR count). The summed E-state index contributed by atoms with van der Waals surface area (Å²) in [6, 6.07) is 19.1. The maximum atomic E-state index is 12.4. The lowest BCUT2D eigenvalue weighted by molar-refractivity contribution is 0.0240. The van der Waals surface area contributed by atoms with Crippen molar-refractivity contribution in [3.8, 4) is 5.88 Å². The van der Waals surface area contributed by atoms with E-state index in [-0.39, 0.29) is 70.5 Å².